The van der Waals surface area contributed by atoms with Crippen molar-refractivity contribution in [2.45, 2.75) is 32.6 Å². The van der Waals surface area contributed by atoms with E-state index in [0.29, 0.717) is 22.5 Å². The molecule has 150 valence electrons. The highest BCUT2D eigenvalue weighted by atomic mass is 32.2. The Morgan fingerprint density at radius 2 is 1.71 bits per heavy atom. The van der Waals surface area contributed by atoms with Crippen LogP contribution in [0.3, 0.4) is 0 Å². The van der Waals surface area contributed by atoms with E-state index in [1.165, 1.54) is 24.3 Å². The first kappa shape index (κ1) is 21.2. The molecule has 0 spiro atoms. The van der Waals surface area contributed by atoms with Gasteiger partial charge in [-0.2, -0.15) is 0 Å². The number of hydrogen-bond acceptors (Lipinski definition) is 6. The third kappa shape index (κ3) is 4.58. The summed E-state index contributed by atoms with van der Waals surface area (Å²) in [6, 6.07) is 5.33. The average Bonchev–Trinajstić information content (AvgIpc) is 2.89. The number of sulfonamides is 1. The molecule has 0 fully saturated rings. The second kappa shape index (κ2) is 8.26. The highest BCUT2D eigenvalue weighted by Gasteiger charge is 2.23. The van der Waals surface area contributed by atoms with E-state index in [4.69, 9.17) is 4.74 Å². The van der Waals surface area contributed by atoms with Gasteiger partial charge in [0.2, 0.25) is 5.91 Å². The largest absolute Gasteiger partial charge is 0.461 e. The smallest absolute Gasteiger partial charge is 0.355 e. The maximum absolute atomic E-state index is 12.6. The molecule has 0 aliphatic rings. The summed E-state index contributed by atoms with van der Waals surface area (Å²) < 4.78 is 30.7. The fourth-order valence-corrected chi connectivity index (χ4v) is 3.65. The van der Waals surface area contributed by atoms with Gasteiger partial charge in [-0.15, -0.1) is 0 Å². The van der Waals surface area contributed by atoms with E-state index in [1.807, 2.05) is 4.72 Å². The van der Waals surface area contributed by atoms with Crippen molar-refractivity contribution in [2.75, 3.05) is 11.9 Å². The molecule has 0 bridgehead atoms. The third-order valence-corrected chi connectivity index (χ3v) is 5.29. The number of nitrogens with one attached hydrogen (secondary N) is 3. The van der Waals surface area contributed by atoms with Crippen molar-refractivity contribution in [1.82, 2.24) is 9.71 Å². The number of aromatic nitrogens is 1. The van der Waals surface area contributed by atoms with E-state index < -0.39 is 27.8 Å². The predicted octanol–water partition coefficient (Wildman–Crippen LogP) is 1.89. The van der Waals surface area contributed by atoms with Crippen LogP contribution in [-0.2, 0) is 19.6 Å². The molecular formula is C18H21N3O6S. The molecule has 0 saturated heterocycles. The van der Waals surface area contributed by atoms with Gasteiger partial charge in [0.15, 0.2) is 0 Å². The molecule has 1 aromatic carbocycles. The average molecular weight is 407 g/mol. The molecule has 0 atom stereocenters. The first-order valence-corrected chi connectivity index (χ1v) is 9.86. The Balaban J connectivity index is 2.22. The number of esters is 1. The van der Waals surface area contributed by atoms with E-state index in [9.17, 15) is 22.8 Å². The van der Waals surface area contributed by atoms with Gasteiger partial charge in [0.1, 0.15) is 5.69 Å². The summed E-state index contributed by atoms with van der Waals surface area (Å²) in [6.45, 7) is 6.29. The van der Waals surface area contributed by atoms with Gasteiger partial charge in [-0.1, -0.05) is 0 Å². The van der Waals surface area contributed by atoms with Crippen LogP contribution in [0.4, 0.5) is 5.69 Å². The number of H-pyrrole nitrogens is 1. The van der Waals surface area contributed by atoms with Crippen molar-refractivity contribution in [3.63, 3.8) is 0 Å². The molecule has 0 saturated carbocycles. The zero-order valence-corrected chi connectivity index (χ0v) is 16.7. The number of aromatic amines is 1. The van der Waals surface area contributed by atoms with Crippen LogP contribution in [0.25, 0.3) is 0 Å². The Kier molecular flexibility index (Phi) is 6.24. The Bertz CT molecular complexity index is 1020. The maximum atomic E-state index is 12.6. The molecule has 10 heteroatoms. The summed E-state index contributed by atoms with van der Waals surface area (Å²) in [6.07, 6.45) is 0. The summed E-state index contributed by atoms with van der Waals surface area (Å²) >= 11 is 0. The second-order valence-corrected chi connectivity index (χ2v) is 7.67. The van der Waals surface area contributed by atoms with Gasteiger partial charge < -0.3 is 15.0 Å². The predicted molar refractivity (Wildman–Crippen MR) is 102 cm³/mol. The molecule has 0 aliphatic heterocycles. The lowest BCUT2D eigenvalue weighted by atomic mass is 10.1. The number of aryl methyl sites for hydroxylation is 1. The van der Waals surface area contributed by atoms with Gasteiger partial charge >= 0.3 is 5.97 Å². The van der Waals surface area contributed by atoms with Crippen LogP contribution >= 0.6 is 0 Å². The van der Waals surface area contributed by atoms with Gasteiger partial charge in [-0.05, 0) is 50.6 Å². The van der Waals surface area contributed by atoms with Gasteiger partial charge in [-0.3, -0.25) is 9.59 Å². The Hall–Kier alpha value is -3.14. The summed E-state index contributed by atoms with van der Waals surface area (Å²) in [5.74, 6) is -1.71. The molecule has 2 rings (SSSR count). The molecule has 2 aromatic rings. The molecule has 28 heavy (non-hydrogen) atoms. The first-order chi connectivity index (χ1) is 13.1. The molecule has 1 aromatic heterocycles. The van der Waals surface area contributed by atoms with Gasteiger partial charge in [-0.25, -0.2) is 17.9 Å². The molecule has 2 amide bonds. The van der Waals surface area contributed by atoms with Crippen molar-refractivity contribution < 1.29 is 27.5 Å². The summed E-state index contributed by atoms with van der Waals surface area (Å²) in [5, 5.41) is 2.65. The molecular weight excluding hydrogens is 386 g/mol. The highest BCUT2D eigenvalue weighted by molar-refractivity contribution is 7.90. The van der Waals surface area contributed by atoms with E-state index in [0.717, 1.165) is 6.92 Å². The standard InChI is InChI=1S/C18H21N3O6S/c1-5-27-18(24)16-10(2)15(11(3)19-16)17(23)20-13-6-8-14(9-7-13)28(25,26)21-12(4)22/h6-9,19H,5H2,1-4H3,(H,20,23)(H,21,22). The Morgan fingerprint density at radius 3 is 2.25 bits per heavy atom. The summed E-state index contributed by atoms with van der Waals surface area (Å²) in [5.41, 5.74) is 1.82. The zero-order valence-electron chi connectivity index (χ0n) is 15.9. The minimum atomic E-state index is -3.95. The molecule has 9 nitrogen and oxygen atoms in total. The molecule has 0 aliphatic carbocycles. The fourth-order valence-electron chi connectivity index (χ4n) is 2.66. The topological polar surface area (TPSA) is 134 Å². The van der Waals surface area contributed by atoms with Crippen LogP contribution in [-0.4, -0.2) is 37.8 Å². The van der Waals surface area contributed by atoms with Crippen LogP contribution in [0.15, 0.2) is 29.2 Å². The molecule has 0 radical (unpaired) electrons. The van der Waals surface area contributed by atoms with Crippen molar-refractivity contribution in [3.05, 3.63) is 46.8 Å². The normalized spacial score (nSPS) is 11.0. The number of carbonyl (C=O) groups excluding carboxylic acids is 3. The third-order valence-electron chi connectivity index (χ3n) is 3.84. The lowest BCUT2D eigenvalue weighted by Gasteiger charge is -2.08. The Morgan fingerprint density at radius 1 is 1.11 bits per heavy atom. The lowest BCUT2D eigenvalue weighted by molar-refractivity contribution is -0.117. The van der Waals surface area contributed by atoms with Gasteiger partial charge in [0.25, 0.3) is 15.9 Å². The zero-order chi connectivity index (χ0) is 21.1. The quantitative estimate of drug-likeness (QED) is 0.626. The lowest BCUT2D eigenvalue weighted by Crippen LogP contribution is -2.28. The minimum Gasteiger partial charge on any atom is -0.461 e. The number of ether oxygens (including phenoxy) is 1. The second-order valence-electron chi connectivity index (χ2n) is 5.99. The summed E-state index contributed by atoms with van der Waals surface area (Å²) in [4.78, 5) is 38.3. The van der Waals surface area contributed by atoms with Crippen molar-refractivity contribution in [3.8, 4) is 0 Å². The summed E-state index contributed by atoms with van der Waals surface area (Å²) in [7, 11) is -3.95. The monoisotopic (exact) mass is 407 g/mol. The van der Waals surface area contributed by atoms with Crippen LogP contribution in [0.5, 0.6) is 0 Å². The Labute approximate surface area is 162 Å². The number of anilines is 1. The van der Waals surface area contributed by atoms with Crippen LogP contribution < -0.4 is 10.0 Å². The number of benzene rings is 1. The molecule has 3 N–H and O–H groups in total. The number of rotatable bonds is 6. The number of hydrogen-bond donors (Lipinski definition) is 3. The first-order valence-electron chi connectivity index (χ1n) is 8.38. The van der Waals surface area contributed by atoms with Gasteiger partial charge in [0.05, 0.1) is 17.1 Å². The van der Waals surface area contributed by atoms with E-state index in [2.05, 4.69) is 10.3 Å². The minimum absolute atomic E-state index is 0.112. The fraction of sp³-hybridized carbons (Fsp3) is 0.278. The number of carbonyl (C=O) groups is 3. The van der Waals surface area contributed by atoms with Gasteiger partial charge in [0, 0.05) is 18.3 Å². The van der Waals surface area contributed by atoms with Crippen LogP contribution in [0.1, 0.15) is 46.0 Å². The molecule has 0 unspecified atom stereocenters. The van der Waals surface area contributed by atoms with Crippen molar-refractivity contribution in [2.24, 2.45) is 0 Å². The maximum Gasteiger partial charge on any atom is 0.355 e. The SMILES string of the molecule is CCOC(=O)c1[nH]c(C)c(C(=O)Nc2ccc(S(=O)(=O)NC(C)=O)cc2)c1C. The van der Waals surface area contributed by atoms with Crippen LogP contribution in [0, 0.1) is 13.8 Å². The number of amides is 2. The van der Waals surface area contributed by atoms with Crippen LogP contribution in [0.2, 0.25) is 0 Å². The van der Waals surface area contributed by atoms with Crippen molar-refractivity contribution in [1.29, 1.82) is 0 Å². The van der Waals surface area contributed by atoms with E-state index >= 15 is 0 Å². The molecule has 1 heterocycles. The highest BCUT2D eigenvalue weighted by Crippen LogP contribution is 2.21. The van der Waals surface area contributed by atoms with E-state index in [-0.39, 0.29) is 17.2 Å². The van der Waals surface area contributed by atoms with E-state index in [1.54, 1.807) is 20.8 Å². The van der Waals surface area contributed by atoms with Crippen molar-refractivity contribution >= 4 is 33.5 Å².